The van der Waals surface area contributed by atoms with Gasteiger partial charge in [-0.1, -0.05) is 34.5 Å². The number of rotatable bonds is 6. The van der Waals surface area contributed by atoms with Crippen LogP contribution in [0.15, 0.2) is 47.0 Å². The molecule has 1 amide bonds. The molecule has 3 aromatic rings. The lowest BCUT2D eigenvalue weighted by Gasteiger charge is -2.36. The van der Waals surface area contributed by atoms with Gasteiger partial charge in [-0.15, -0.1) is 0 Å². The molecule has 172 valence electrons. The quantitative estimate of drug-likeness (QED) is 0.550. The van der Waals surface area contributed by atoms with Crippen molar-refractivity contribution in [3.05, 3.63) is 64.3 Å². The summed E-state index contributed by atoms with van der Waals surface area (Å²) in [5.41, 5.74) is 4.14. The normalized spacial score (nSPS) is 15.5. The van der Waals surface area contributed by atoms with Gasteiger partial charge in [0.15, 0.2) is 11.5 Å². The Morgan fingerprint density at radius 1 is 1.15 bits per heavy atom. The number of nitrogens with one attached hydrogen (secondary N) is 1. The predicted molar refractivity (Wildman–Crippen MR) is 128 cm³/mol. The standard InChI is InChI=1S/C25H27ClN4O3/c1-17-6-7-22-20(14-17)24-21(16-32-22)23(28-33-24)25(31)27-8-3-9-29-10-12-30(13-11-29)19-5-2-4-18(26)15-19/h2,4-7,14-15H,3,8-13,16H2,1H3,(H,27,31). The molecule has 2 aliphatic rings. The Bertz CT molecular complexity index is 1150. The van der Waals surface area contributed by atoms with Crippen LogP contribution in [-0.4, -0.2) is 55.2 Å². The Balaban J connectivity index is 1.10. The van der Waals surface area contributed by atoms with Crippen LogP contribution in [0.2, 0.25) is 5.02 Å². The zero-order chi connectivity index (χ0) is 22.8. The first kappa shape index (κ1) is 21.8. The first-order valence-corrected chi connectivity index (χ1v) is 11.7. The fourth-order valence-corrected chi connectivity index (χ4v) is 4.61. The minimum Gasteiger partial charge on any atom is -0.488 e. The van der Waals surface area contributed by atoms with Gasteiger partial charge in [-0.25, -0.2) is 0 Å². The summed E-state index contributed by atoms with van der Waals surface area (Å²) >= 11 is 6.12. The van der Waals surface area contributed by atoms with Gasteiger partial charge in [-0.05, 0) is 50.2 Å². The molecular weight excluding hydrogens is 440 g/mol. The molecule has 7 nitrogen and oxygen atoms in total. The first-order valence-electron chi connectivity index (χ1n) is 11.3. The number of benzene rings is 2. The Morgan fingerprint density at radius 2 is 2.00 bits per heavy atom. The van der Waals surface area contributed by atoms with E-state index in [4.69, 9.17) is 20.9 Å². The van der Waals surface area contributed by atoms with Crippen LogP contribution in [0.5, 0.6) is 5.75 Å². The van der Waals surface area contributed by atoms with Gasteiger partial charge in [0.1, 0.15) is 12.4 Å². The van der Waals surface area contributed by atoms with Gasteiger partial charge in [-0.2, -0.15) is 0 Å². The number of ether oxygens (including phenoxy) is 1. The molecule has 0 radical (unpaired) electrons. The van der Waals surface area contributed by atoms with E-state index < -0.39 is 0 Å². The summed E-state index contributed by atoms with van der Waals surface area (Å²) in [4.78, 5) is 17.5. The van der Waals surface area contributed by atoms with Gasteiger partial charge in [0, 0.05) is 43.4 Å². The number of aromatic nitrogens is 1. The highest BCUT2D eigenvalue weighted by molar-refractivity contribution is 6.30. The molecule has 0 bridgehead atoms. The van der Waals surface area contributed by atoms with Crippen molar-refractivity contribution in [2.45, 2.75) is 20.0 Å². The largest absolute Gasteiger partial charge is 0.488 e. The van der Waals surface area contributed by atoms with Crippen molar-refractivity contribution in [3.8, 4) is 17.1 Å². The lowest BCUT2D eigenvalue weighted by atomic mass is 10.0. The number of carbonyl (C=O) groups is 1. The molecule has 2 aliphatic heterocycles. The predicted octanol–water partition coefficient (Wildman–Crippen LogP) is 4.14. The number of halogens is 1. The van der Waals surface area contributed by atoms with Gasteiger partial charge in [0.25, 0.3) is 5.91 Å². The lowest BCUT2D eigenvalue weighted by molar-refractivity contribution is 0.0940. The van der Waals surface area contributed by atoms with Crippen molar-refractivity contribution in [1.82, 2.24) is 15.4 Å². The van der Waals surface area contributed by atoms with E-state index in [0.717, 1.165) is 61.0 Å². The fourth-order valence-electron chi connectivity index (χ4n) is 4.42. The molecule has 5 rings (SSSR count). The Morgan fingerprint density at radius 3 is 2.82 bits per heavy atom. The van der Waals surface area contributed by atoms with Gasteiger partial charge in [-0.3, -0.25) is 9.69 Å². The van der Waals surface area contributed by atoms with E-state index in [2.05, 4.69) is 26.3 Å². The monoisotopic (exact) mass is 466 g/mol. The second kappa shape index (κ2) is 9.45. The summed E-state index contributed by atoms with van der Waals surface area (Å²) < 4.78 is 11.3. The van der Waals surface area contributed by atoms with Gasteiger partial charge in [0.2, 0.25) is 0 Å². The molecule has 1 N–H and O–H groups in total. The highest BCUT2D eigenvalue weighted by Gasteiger charge is 2.28. The van der Waals surface area contributed by atoms with Crippen LogP contribution < -0.4 is 15.0 Å². The summed E-state index contributed by atoms with van der Waals surface area (Å²) in [7, 11) is 0. The van der Waals surface area contributed by atoms with E-state index in [1.54, 1.807) is 0 Å². The number of aryl methyl sites for hydroxylation is 1. The molecule has 0 spiro atoms. The van der Waals surface area contributed by atoms with E-state index in [-0.39, 0.29) is 12.5 Å². The molecule has 8 heteroatoms. The average Bonchev–Trinajstić information content (AvgIpc) is 3.27. The average molecular weight is 467 g/mol. The van der Waals surface area contributed by atoms with Crippen molar-refractivity contribution in [3.63, 3.8) is 0 Å². The Kier molecular flexibility index (Phi) is 6.24. The van der Waals surface area contributed by atoms with Gasteiger partial charge < -0.3 is 19.5 Å². The minimum absolute atomic E-state index is 0.217. The topological polar surface area (TPSA) is 70.8 Å². The number of piperazine rings is 1. The maximum absolute atomic E-state index is 12.7. The van der Waals surface area contributed by atoms with Crippen LogP contribution in [0.3, 0.4) is 0 Å². The Labute approximate surface area is 198 Å². The molecule has 1 saturated heterocycles. The van der Waals surface area contributed by atoms with E-state index in [0.29, 0.717) is 23.6 Å². The molecular formula is C25H27ClN4O3. The molecule has 0 unspecified atom stereocenters. The van der Waals surface area contributed by atoms with Gasteiger partial charge >= 0.3 is 0 Å². The van der Waals surface area contributed by atoms with E-state index in [1.165, 1.54) is 5.69 Å². The van der Waals surface area contributed by atoms with Crippen LogP contribution in [0, 0.1) is 6.92 Å². The van der Waals surface area contributed by atoms with Crippen molar-refractivity contribution in [1.29, 1.82) is 0 Å². The van der Waals surface area contributed by atoms with Crippen molar-refractivity contribution >= 4 is 23.2 Å². The molecule has 33 heavy (non-hydrogen) atoms. The lowest BCUT2D eigenvalue weighted by Crippen LogP contribution is -2.47. The minimum atomic E-state index is -0.217. The van der Waals surface area contributed by atoms with Crippen molar-refractivity contribution < 1.29 is 14.1 Å². The molecule has 3 heterocycles. The van der Waals surface area contributed by atoms with E-state index >= 15 is 0 Å². The summed E-state index contributed by atoms with van der Waals surface area (Å²) in [5.74, 6) is 1.17. The number of hydrogen-bond donors (Lipinski definition) is 1. The highest BCUT2D eigenvalue weighted by Crippen LogP contribution is 2.39. The van der Waals surface area contributed by atoms with Crippen LogP contribution in [0.4, 0.5) is 5.69 Å². The molecule has 0 atom stereocenters. The maximum Gasteiger partial charge on any atom is 0.273 e. The molecule has 0 aliphatic carbocycles. The van der Waals surface area contributed by atoms with Crippen molar-refractivity contribution in [2.24, 2.45) is 0 Å². The number of hydrogen-bond acceptors (Lipinski definition) is 6. The zero-order valence-corrected chi connectivity index (χ0v) is 19.4. The Hall–Kier alpha value is -3.03. The van der Waals surface area contributed by atoms with Crippen LogP contribution in [0.25, 0.3) is 11.3 Å². The third kappa shape index (κ3) is 4.70. The number of fused-ring (bicyclic) bond motifs is 3. The number of amides is 1. The first-order chi connectivity index (χ1) is 16.1. The highest BCUT2D eigenvalue weighted by atomic mass is 35.5. The third-order valence-electron chi connectivity index (χ3n) is 6.24. The SMILES string of the molecule is Cc1ccc2c(c1)-c1onc(C(=O)NCCCN3CCN(c4cccc(Cl)c4)CC3)c1CO2. The fraction of sp³-hybridized carbons (Fsp3) is 0.360. The second-order valence-electron chi connectivity index (χ2n) is 8.55. The molecule has 1 aromatic heterocycles. The summed E-state index contributed by atoms with van der Waals surface area (Å²) in [5, 5.41) is 7.80. The van der Waals surface area contributed by atoms with E-state index in [9.17, 15) is 4.79 Å². The van der Waals surface area contributed by atoms with Gasteiger partial charge in [0.05, 0.1) is 11.1 Å². The van der Waals surface area contributed by atoms with Crippen LogP contribution in [-0.2, 0) is 6.61 Å². The second-order valence-corrected chi connectivity index (χ2v) is 8.98. The maximum atomic E-state index is 12.7. The zero-order valence-electron chi connectivity index (χ0n) is 18.6. The molecule has 1 fully saturated rings. The third-order valence-corrected chi connectivity index (χ3v) is 6.47. The molecule has 0 saturated carbocycles. The molecule has 2 aromatic carbocycles. The van der Waals surface area contributed by atoms with Crippen LogP contribution >= 0.6 is 11.6 Å². The number of carbonyl (C=O) groups excluding carboxylic acids is 1. The van der Waals surface area contributed by atoms with E-state index in [1.807, 2.05) is 43.3 Å². The smallest absolute Gasteiger partial charge is 0.273 e. The van der Waals surface area contributed by atoms with Crippen molar-refractivity contribution in [2.75, 3.05) is 44.2 Å². The summed E-state index contributed by atoms with van der Waals surface area (Å²) in [6, 6.07) is 13.9. The van der Waals surface area contributed by atoms with Crippen LogP contribution in [0.1, 0.15) is 28.0 Å². The summed E-state index contributed by atoms with van der Waals surface area (Å²) in [6.07, 6.45) is 0.876. The number of nitrogens with zero attached hydrogens (tertiary/aromatic N) is 3. The number of anilines is 1. The summed E-state index contributed by atoms with van der Waals surface area (Å²) in [6.45, 7) is 7.75.